The average molecular weight is 395 g/mol. The Bertz CT molecular complexity index is 912. The first-order valence-corrected chi connectivity index (χ1v) is 10.3. The summed E-state index contributed by atoms with van der Waals surface area (Å²) in [6.45, 7) is 2.27. The number of rotatable bonds is 3. The molecule has 1 aromatic carbocycles. The second kappa shape index (κ2) is 7.51. The largest absolute Gasteiger partial charge is 0.367 e. The molecule has 1 saturated heterocycles. The molecule has 26 heavy (non-hydrogen) atoms. The lowest BCUT2D eigenvalue weighted by atomic mass is 10.2. The van der Waals surface area contributed by atoms with Crippen molar-refractivity contribution in [2.24, 2.45) is 0 Å². The van der Waals surface area contributed by atoms with Gasteiger partial charge in [0.2, 0.25) is 0 Å². The van der Waals surface area contributed by atoms with Crippen LogP contribution >= 0.6 is 11.6 Å². The Morgan fingerprint density at radius 1 is 1.15 bits per heavy atom. The summed E-state index contributed by atoms with van der Waals surface area (Å²) in [5.74, 6) is 0. The number of hydrogen-bond acceptors (Lipinski definition) is 5. The van der Waals surface area contributed by atoms with Crippen LogP contribution in [0.1, 0.15) is 0 Å². The molecule has 0 bridgehead atoms. The first-order chi connectivity index (χ1) is 12.4. The number of nitrogens with zero attached hydrogens (tertiary/aromatic N) is 3. The van der Waals surface area contributed by atoms with Gasteiger partial charge in [-0.25, -0.2) is 13.2 Å². The lowest BCUT2D eigenvalue weighted by Crippen LogP contribution is -2.50. The zero-order valence-corrected chi connectivity index (χ0v) is 15.8. The van der Waals surface area contributed by atoms with Crippen LogP contribution in [0.15, 0.2) is 47.6 Å². The number of carbonyl (C=O) groups is 1. The summed E-state index contributed by atoms with van der Waals surface area (Å²) in [6.07, 6.45) is 4.40. The Morgan fingerprint density at radius 3 is 2.50 bits per heavy atom. The fraction of sp³-hybridized carbons (Fsp3) is 0.294. The highest BCUT2D eigenvalue weighted by Gasteiger charge is 2.23. The summed E-state index contributed by atoms with van der Waals surface area (Å²) in [7, 11) is -3.42. The van der Waals surface area contributed by atoms with Gasteiger partial charge in [-0.05, 0) is 18.2 Å². The Labute approximate surface area is 157 Å². The van der Waals surface area contributed by atoms with Crippen molar-refractivity contribution in [1.29, 1.82) is 0 Å². The molecular weight excluding hydrogens is 376 g/mol. The first kappa shape index (κ1) is 18.5. The maximum Gasteiger partial charge on any atom is 0.322 e. The van der Waals surface area contributed by atoms with E-state index in [2.05, 4.69) is 15.2 Å². The van der Waals surface area contributed by atoms with Crippen molar-refractivity contribution >= 4 is 38.8 Å². The minimum Gasteiger partial charge on any atom is -0.367 e. The zero-order chi connectivity index (χ0) is 18.7. The highest BCUT2D eigenvalue weighted by molar-refractivity contribution is 7.90. The molecule has 0 radical (unpaired) electrons. The van der Waals surface area contributed by atoms with E-state index >= 15 is 0 Å². The predicted octanol–water partition coefficient (Wildman–Crippen LogP) is 2.49. The summed E-state index contributed by atoms with van der Waals surface area (Å²) in [4.78, 5) is 20.4. The number of benzene rings is 1. The van der Waals surface area contributed by atoms with Gasteiger partial charge in [0.05, 0.1) is 21.3 Å². The van der Waals surface area contributed by atoms with Crippen molar-refractivity contribution in [3.05, 3.63) is 47.7 Å². The molecule has 3 rings (SSSR count). The summed E-state index contributed by atoms with van der Waals surface area (Å²) < 4.78 is 23.7. The van der Waals surface area contributed by atoms with E-state index in [1.165, 1.54) is 6.07 Å². The number of piperazine rings is 1. The monoisotopic (exact) mass is 394 g/mol. The molecular formula is C17H19ClN4O3S. The molecule has 0 unspecified atom stereocenters. The van der Waals surface area contributed by atoms with Crippen molar-refractivity contribution in [1.82, 2.24) is 9.88 Å². The van der Waals surface area contributed by atoms with E-state index in [0.29, 0.717) is 36.9 Å². The van der Waals surface area contributed by atoms with Gasteiger partial charge in [-0.15, -0.1) is 0 Å². The van der Waals surface area contributed by atoms with Crippen LogP contribution in [0.3, 0.4) is 0 Å². The quantitative estimate of drug-likeness (QED) is 0.864. The minimum absolute atomic E-state index is 0.107. The third-order valence-electron chi connectivity index (χ3n) is 4.19. The Morgan fingerprint density at radius 2 is 1.85 bits per heavy atom. The Hall–Kier alpha value is -2.32. The van der Waals surface area contributed by atoms with Crippen molar-refractivity contribution in [3.63, 3.8) is 0 Å². The average Bonchev–Trinajstić information content (AvgIpc) is 2.62. The second-order valence-corrected chi connectivity index (χ2v) is 8.39. The van der Waals surface area contributed by atoms with Crippen LogP contribution < -0.4 is 10.2 Å². The van der Waals surface area contributed by atoms with Crippen LogP contribution in [0.5, 0.6) is 0 Å². The molecule has 0 saturated carbocycles. The molecule has 1 aromatic heterocycles. The van der Waals surface area contributed by atoms with Crippen LogP contribution in [0, 0.1) is 0 Å². The number of sulfone groups is 1. The topological polar surface area (TPSA) is 82.6 Å². The summed E-state index contributed by atoms with van der Waals surface area (Å²) in [6, 6.07) is 7.91. The molecule has 2 heterocycles. The summed E-state index contributed by atoms with van der Waals surface area (Å²) in [5, 5.41) is 3.28. The lowest BCUT2D eigenvalue weighted by Gasteiger charge is -2.36. The molecule has 138 valence electrons. The van der Waals surface area contributed by atoms with Crippen LogP contribution in [-0.4, -0.2) is 56.8 Å². The Kier molecular flexibility index (Phi) is 5.33. The number of pyridine rings is 1. The summed E-state index contributed by atoms with van der Waals surface area (Å²) >= 11 is 6.17. The molecule has 1 aliphatic rings. The first-order valence-electron chi connectivity index (χ1n) is 8.06. The van der Waals surface area contributed by atoms with Crippen molar-refractivity contribution in [2.75, 3.05) is 42.7 Å². The molecule has 1 N–H and O–H groups in total. The standard InChI is InChI=1S/C17H19ClN4O3S/c1-26(24,25)16-5-3-2-4-14(16)20-17(23)22-10-8-21(9-11-22)15-6-7-19-12-13(15)18/h2-7,12H,8-11H2,1H3,(H,20,23). The van der Waals surface area contributed by atoms with E-state index in [9.17, 15) is 13.2 Å². The van der Waals surface area contributed by atoms with Gasteiger partial charge in [0.1, 0.15) is 0 Å². The van der Waals surface area contributed by atoms with Gasteiger partial charge < -0.3 is 15.1 Å². The van der Waals surface area contributed by atoms with Gasteiger partial charge in [0, 0.05) is 44.8 Å². The molecule has 0 aliphatic carbocycles. The molecule has 1 aliphatic heterocycles. The van der Waals surface area contributed by atoms with Crippen molar-refractivity contribution in [3.8, 4) is 0 Å². The molecule has 9 heteroatoms. The number of aromatic nitrogens is 1. The van der Waals surface area contributed by atoms with Crippen molar-refractivity contribution in [2.45, 2.75) is 4.90 Å². The fourth-order valence-corrected chi connectivity index (χ4v) is 3.95. The minimum atomic E-state index is -3.42. The number of nitrogens with one attached hydrogen (secondary N) is 1. The van der Waals surface area contributed by atoms with Crippen LogP contribution in [-0.2, 0) is 9.84 Å². The lowest BCUT2D eigenvalue weighted by molar-refractivity contribution is 0.208. The van der Waals surface area contributed by atoms with E-state index in [0.717, 1.165) is 11.9 Å². The number of urea groups is 1. The predicted molar refractivity (Wildman–Crippen MR) is 102 cm³/mol. The third kappa shape index (κ3) is 4.08. The van der Waals surface area contributed by atoms with Gasteiger partial charge in [0.15, 0.2) is 9.84 Å². The number of para-hydroxylation sites is 1. The fourth-order valence-electron chi connectivity index (χ4n) is 2.86. The summed E-state index contributed by atoms with van der Waals surface area (Å²) in [5.41, 5.74) is 1.18. The van der Waals surface area contributed by atoms with E-state index < -0.39 is 9.84 Å². The van der Waals surface area contributed by atoms with E-state index in [1.54, 1.807) is 35.5 Å². The van der Waals surface area contributed by atoms with E-state index in [4.69, 9.17) is 11.6 Å². The molecule has 2 aromatic rings. The SMILES string of the molecule is CS(=O)(=O)c1ccccc1NC(=O)N1CCN(c2ccncc2Cl)CC1. The normalized spacial score (nSPS) is 15.0. The number of amides is 2. The van der Waals surface area contributed by atoms with Crippen LogP contribution in [0.4, 0.5) is 16.2 Å². The molecule has 1 fully saturated rings. The van der Waals surface area contributed by atoms with Gasteiger partial charge in [-0.2, -0.15) is 0 Å². The second-order valence-electron chi connectivity index (χ2n) is 6.00. The van der Waals surface area contributed by atoms with Gasteiger partial charge >= 0.3 is 6.03 Å². The Balaban J connectivity index is 1.66. The molecule has 0 atom stereocenters. The zero-order valence-electron chi connectivity index (χ0n) is 14.2. The van der Waals surface area contributed by atoms with E-state index in [1.807, 2.05) is 6.07 Å². The van der Waals surface area contributed by atoms with Gasteiger partial charge in [-0.1, -0.05) is 23.7 Å². The highest BCUT2D eigenvalue weighted by Crippen LogP contribution is 2.25. The van der Waals surface area contributed by atoms with Crippen molar-refractivity contribution < 1.29 is 13.2 Å². The number of halogens is 1. The smallest absolute Gasteiger partial charge is 0.322 e. The maximum absolute atomic E-state index is 12.5. The molecule has 7 nitrogen and oxygen atoms in total. The number of carbonyl (C=O) groups excluding carboxylic acids is 1. The third-order valence-corrected chi connectivity index (χ3v) is 5.63. The van der Waals surface area contributed by atoms with Crippen LogP contribution in [0.25, 0.3) is 0 Å². The molecule has 2 amide bonds. The van der Waals surface area contributed by atoms with Crippen LogP contribution in [0.2, 0.25) is 5.02 Å². The maximum atomic E-state index is 12.5. The van der Waals surface area contributed by atoms with Gasteiger partial charge in [-0.3, -0.25) is 4.98 Å². The van der Waals surface area contributed by atoms with Gasteiger partial charge in [0.25, 0.3) is 0 Å². The number of anilines is 2. The highest BCUT2D eigenvalue weighted by atomic mass is 35.5. The number of hydrogen-bond donors (Lipinski definition) is 1. The van der Waals surface area contributed by atoms with E-state index in [-0.39, 0.29) is 10.9 Å². The molecule has 0 spiro atoms.